The van der Waals surface area contributed by atoms with Gasteiger partial charge >= 0.3 is 5.97 Å². The highest BCUT2D eigenvalue weighted by atomic mass is 16.4. The molecular weight excluding hydrogens is 240 g/mol. The maximum Gasteiger partial charge on any atom is 0.337 e. The van der Waals surface area contributed by atoms with Crippen LogP contribution in [0.3, 0.4) is 0 Å². The van der Waals surface area contributed by atoms with Crippen LogP contribution in [-0.4, -0.2) is 21.0 Å². The van der Waals surface area contributed by atoms with Crippen LogP contribution in [0.4, 0.5) is 0 Å². The summed E-state index contributed by atoms with van der Waals surface area (Å²) in [6.45, 7) is 5.44. The number of hydrogen-bond acceptors (Lipinski definition) is 3. The normalized spacial score (nSPS) is 24.4. The molecule has 0 aliphatic heterocycles. The molecule has 1 aromatic rings. The Kier molecular flexibility index (Phi) is 2.73. The maximum absolute atomic E-state index is 11.3. The van der Waals surface area contributed by atoms with Crippen molar-refractivity contribution in [1.82, 2.24) is 9.97 Å². The molecule has 0 amide bonds. The minimum absolute atomic E-state index is 0.197. The van der Waals surface area contributed by atoms with Gasteiger partial charge in [0.1, 0.15) is 5.69 Å². The van der Waals surface area contributed by atoms with Crippen LogP contribution in [0.5, 0.6) is 0 Å². The fraction of sp³-hybridized carbons (Fsp3) is 0.400. The number of aryl methyl sites for hydroxylation is 1. The minimum Gasteiger partial charge on any atom is -0.478 e. The highest BCUT2D eigenvalue weighted by Gasteiger charge is 2.44. The molecule has 1 saturated carbocycles. The first kappa shape index (κ1) is 12.1. The molecule has 1 fully saturated rings. The summed E-state index contributed by atoms with van der Waals surface area (Å²) in [5.74, 6) is 0.341. The molecule has 2 aliphatic rings. The van der Waals surface area contributed by atoms with Crippen molar-refractivity contribution in [3.8, 4) is 0 Å². The first-order valence-corrected chi connectivity index (χ1v) is 6.59. The molecule has 2 atom stereocenters. The van der Waals surface area contributed by atoms with Gasteiger partial charge in [-0.3, -0.25) is 0 Å². The number of fused-ring (bicyclic) bond motifs is 3. The molecule has 98 valence electrons. The van der Waals surface area contributed by atoms with E-state index in [1.807, 2.05) is 0 Å². The van der Waals surface area contributed by atoms with Crippen molar-refractivity contribution in [3.05, 3.63) is 35.4 Å². The molecule has 4 heteroatoms. The van der Waals surface area contributed by atoms with Crippen LogP contribution in [0.25, 0.3) is 11.6 Å². The van der Waals surface area contributed by atoms with Crippen LogP contribution in [0.1, 0.15) is 48.5 Å². The molecule has 3 rings (SSSR count). The SMILES string of the molecule is C=Cc1nc2c(nc1/C(=C\C)C(=O)O)CC[C@H]1CC21. The van der Waals surface area contributed by atoms with E-state index < -0.39 is 5.97 Å². The Hall–Kier alpha value is -1.97. The molecule has 1 unspecified atom stereocenters. The molecule has 1 heterocycles. The second-order valence-electron chi connectivity index (χ2n) is 5.14. The van der Waals surface area contributed by atoms with E-state index in [0.29, 0.717) is 17.3 Å². The summed E-state index contributed by atoms with van der Waals surface area (Å²) in [6.07, 6.45) is 6.42. The van der Waals surface area contributed by atoms with E-state index in [1.54, 1.807) is 19.1 Å². The standard InChI is InChI=1S/C15H16N2O2/c1-3-9(15(18)19)13-11(4-2)16-14-10-7-8(10)5-6-12(14)17-13/h3-4,8,10H,2,5-7H2,1H3,(H,18,19)/b9-3+/t8-,10?/m0/s1. The van der Waals surface area contributed by atoms with Crippen LogP contribution in [-0.2, 0) is 11.2 Å². The van der Waals surface area contributed by atoms with Crippen LogP contribution >= 0.6 is 0 Å². The van der Waals surface area contributed by atoms with Gasteiger partial charge < -0.3 is 5.11 Å². The molecule has 2 aliphatic carbocycles. The molecule has 0 aromatic carbocycles. The quantitative estimate of drug-likeness (QED) is 0.844. The van der Waals surface area contributed by atoms with Crippen molar-refractivity contribution in [3.63, 3.8) is 0 Å². The summed E-state index contributed by atoms with van der Waals surface area (Å²) >= 11 is 0. The number of allylic oxidation sites excluding steroid dienone is 1. The highest BCUT2D eigenvalue weighted by Crippen LogP contribution is 2.53. The van der Waals surface area contributed by atoms with Gasteiger partial charge in [0.05, 0.1) is 22.7 Å². The van der Waals surface area contributed by atoms with Gasteiger partial charge in [-0.1, -0.05) is 12.7 Å². The van der Waals surface area contributed by atoms with E-state index in [1.165, 1.54) is 6.42 Å². The molecule has 1 N–H and O–H groups in total. The Labute approximate surface area is 111 Å². The number of carboxylic acids is 1. The largest absolute Gasteiger partial charge is 0.478 e. The second kappa shape index (κ2) is 4.30. The molecule has 0 spiro atoms. The third-order valence-electron chi connectivity index (χ3n) is 4.02. The fourth-order valence-electron chi connectivity index (χ4n) is 2.90. The number of carboxylic acid groups (broad SMARTS) is 1. The lowest BCUT2D eigenvalue weighted by Crippen LogP contribution is -2.13. The van der Waals surface area contributed by atoms with E-state index >= 15 is 0 Å². The summed E-state index contributed by atoms with van der Waals surface area (Å²) in [7, 11) is 0. The van der Waals surface area contributed by atoms with Gasteiger partial charge in [0, 0.05) is 5.92 Å². The molecule has 1 aromatic heterocycles. The maximum atomic E-state index is 11.3. The molecular formula is C15H16N2O2. The Morgan fingerprint density at radius 3 is 2.89 bits per heavy atom. The number of nitrogens with zero attached hydrogens (tertiary/aromatic N) is 2. The van der Waals surface area contributed by atoms with Crippen molar-refractivity contribution in [2.24, 2.45) is 5.92 Å². The molecule has 0 saturated heterocycles. The van der Waals surface area contributed by atoms with Gasteiger partial charge in [-0.05, 0) is 38.2 Å². The predicted octanol–water partition coefficient (Wildman–Crippen LogP) is 2.66. The number of aliphatic carboxylic acids is 1. The van der Waals surface area contributed by atoms with E-state index in [9.17, 15) is 9.90 Å². The lowest BCUT2D eigenvalue weighted by Gasteiger charge is -2.16. The first-order valence-electron chi connectivity index (χ1n) is 6.59. The summed E-state index contributed by atoms with van der Waals surface area (Å²) in [5, 5.41) is 9.24. The topological polar surface area (TPSA) is 63.1 Å². The summed E-state index contributed by atoms with van der Waals surface area (Å²) < 4.78 is 0. The minimum atomic E-state index is -0.972. The molecule has 0 radical (unpaired) electrons. The Balaban J connectivity index is 2.14. The third-order valence-corrected chi connectivity index (χ3v) is 4.02. The van der Waals surface area contributed by atoms with Crippen molar-refractivity contribution in [2.45, 2.75) is 32.1 Å². The van der Waals surface area contributed by atoms with Crippen molar-refractivity contribution in [2.75, 3.05) is 0 Å². The van der Waals surface area contributed by atoms with Gasteiger partial charge in [-0.2, -0.15) is 0 Å². The summed E-state index contributed by atoms with van der Waals surface area (Å²) in [5.41, 5.74) is 3.27. The van der Waals surface area contributed by atoms with Crippen LogP contribution in [0, 0.1) is 5.92 Å². The zero-order chi connectivity index (χ0) is 13.6. The van der Waals surface area contributed by atoms with Gasteiger partial charge in [0.2, 0.25) is 0 Å². The Morgan fingerprint density at radius 1 is 1.47 bits per heavy atom. The lowest BCUT2D eigenvalue weighted by atomic mass is 9.99. The van der Waals surface area contributed by atoms with E-state index in [0.717, 1.165) is 30.1 Å². The van der Waals surface area contributed by atoms with E-state index in [-0.39, 0.29) is 5.57 Å². The van der Waals surface area contributed by atoms with Gasteiger partial charge in [-0.15, -0.1) is 0 Å². The van der Waals surface area contributed by atoms with Crippen molar-refractivity contribution in [1.29, 1.82) is 0 Å². The highest BCUT2D eigenvalue weighted by molar-refractivity contribution is 6.15. The predicted molar refractivity (Wildman–Crippen MR) is 72.6 cm³/mol. The summed E-state index contributed by atoms with van der Waals surface area (Å²) in [4.78, 5) is 20.5. The smallest absolute Gasteiger partial charge is 0.337 e. The van der Waals surface area contributed by atoms with Gasteiger partial charge in [0.15, 0.2) is 0 Å². The Morgan fingerprint density at radius 2 is 2.26 bits per heavy atom. The zero-order valence-corrected chi connectivity index (χ0v) is 10.9. The van der Waals surface area contributed by atoms with Crippen molar-refractivity contribution < 1.29 is 9.90 Å². The number of rotatable bonds is 3. The van der Waals surface area contributed by atoms with Crippen LogP contribution in [0.2, 0.25) is 0 Å². The fourth-order valence-corrected chi connectivity index (χ4v) is 2.90. The molecule has 0 bridgehead atoms. The summed E-state index contributed by atoms with van der Waals surface area (Å²) in [6, 6.07) is 0. The van der Waals surface area contributed by atoms with Gasteiger partial charge in [0.25, 0.3) is 0 Å². The second-order valence-corrected chi connectivity index (χ2v) is 5.14. The number of carbonyl (C=O) groups is 1. The van der Waals surface area contributed by atoms with E-state index in [2.05, 4.69) is 16.5 Å². The van der Waals surface area contributed by atoms with Gasteiger partial charge in [-0.25, -0.2) is 14.8 Å². The van der Waals surface area contributed by atoms with Crippen LogP contribution < -0.4 is 0 Å². The molecule has 19 heavy (non-hydrogen) atoms. The zero-order valence-electron chi connectivity index (χ0n) is 10.9. The Bertz CT molecular complexity index is 604. The van der Waals surface area contributed by atoms with Crippen LogP contribution in [0.15, 0.2) is 12.7 Å². The van der Waals surface area contributed by atoms with Crippen molar-refractivity contribution >= 4 is 17.6 Å². The third kappa shape index (κ3) is 1.87. The average Bonchev–Trinajstić information content (AvgIpc) is 3.17. The molecule has 4 nitrogen and oxygen atoms in total. The first-order chi connectivity index (χ1) is 9.15. The van der Waals surface area contributed by atoms with E-state index in [4.69, 9.17) is 0 Å². The monoisotopic (exact) mass is 256 g/mol. The lowest BCUT2D eigenvalue weighted by molar-refractivity contribution is -0.130. The number of aromatic nitrogens is 2. The average molecular weight is 256 g/mol. The number of hydrogen-bond donors (Lipinski definition) is 1.